The summed E-state index contributed by atoms with van der Waals surface area (Å²) in [5.41, 5.74) is 0.378. The summed E-state index contributed by atoms with van der Waals surface area (Å²) in [5.74, 6) is -2.77. The van der Waals surface area contributed by atoms with Crippen LogP contribution in [0.3, 0.4) is 0 Å². The number of carbonyl (C=O) groups excluding carboxylic acids is 2. The Morgan fingerprint density at radius 2 is 1.95 bits per heavy atom. The van der Waals surface area contributed by atoms with Gasteiger partial charge in [-0.1, -0.05) is 22.6 Å². The Balaban J connectivity index is 1.21. The highest BCUT2D eigenvalue weighted by molar-refractivity contribution is 7.15. The quantitative estimate of drug-likeness (QED) is 0.237. The fourth-order valence-electron chi connectivity index (χ4n) is 3.46. The molecule has 2 amide bonds. The zero-order valence-electron chi connectivity index (χ0n) is 20.9. The minimum absolute atomic E-state index is 0.0251. The molecule has 0 spiro atoms. The van der Waals surface area contributed by atoms with E-state index in [1.165, 1.54) is 10.9 Å². The number of aromatic nitrogens is 6. The predicted molar refractivity (Wildman–Crippen MR) is 134 cm³/mol. The van der Waals surface area contributed by atoms with E-state index < -0.39 is 42.3 Å². The number of pyridine rings is 1. The molecule has 2 N–H and O–H groups in total. The number of carbonyl (C=O) groups is 2. The first-order valence-corrected chi connectivity index (χ1v) is 12.7. The molecule has 3 aromatic heterocycles. The van der Waals surface area contributed by atoms with Gasteiger partial charge in [-0.05, 0) is 36.8 Å². The van der Waals surface area contributed by atoms with Crippen LogP contribution in [0.4, 0.5) is 27.1 Å². The second-order valence-electron chi connectivity index (χ2n) is 8.49. The minimum Gasteiger partial charge on any atom is -0.406 e. The molecule has 3 heterocycles. The third-order valence-electron chi connectivity index (χ3n) is 5.30. The maximum Gasteiger partial charge on any atom is 0.573 e. The zero-order chi connectivity index (χ0) is 29.4. The molecule has 0 aliphatic rings. The van der Waals surface area contributed by atoms with Gasteiger partial charge in [0.2, 0.25) is 11.0 Å². The fraction of sp³-hybridized carbons (Fsp3) is 0.292. The van der Waals surface area contributed by atoms with Crippen molar-refractivity contribution in [2.24, 2.45) is 0 Å². The highest BCUT2D eigenvalue weighted by Gasteiger charge is 2.31. The molecule has 17 heteroatoms. The largest absolute Gasteiger partial charge is 0.573 e. The Labute approximate surface area is 232 Å². The molecule has 4 rings (SSSR count). The van der Waals surface area contributed by atoms with E-state index in [4.69, 9.17) is 0 Å². The number of hydrogen-bond acceptors (Lipinski definition) is 9. The molecule has 41 heavy (non-hydrogen) atoms. The second-order valence-corrected chi connectivity index (χ2v) is 9.55. The Morgan fingerprint density at radius 3 is 2.71 bits per heavy atom. The molecular formula is C24H21F5N8O3S. The highest BCUT2D eigenvalue weighted by atomic mass is 32.1. The maximum atomic E-state index is 14.6. The van der Waals surface area contributed by atoms with Gasteiger partial charge in [-0.15, -0.1) is 28.5 Å². The monoisotopic (exact) mass is 596 g/mol. The third-order valence-corrected chi connectivity index (χ3v) is 6.20. The Bertz CT molecular complexity index is 1480. The van der Waals surface area contributed by atoms with Crippen LogP contribution in [0, 0.1) is 5.82 Å². The molecule has 0 aliphatic carbocycles. The first-order valence-electron chi connectivity index (χ1n) is 11.9. The van der Waals surface area contributed by atoms with Crippen molar-refractivity contribution in [2.45, 2.75) is 44.9 Å². The number of anilines is 1. The van der Waals surface area contributed by atoms with Gasteiger partial charge in [0.25, 0.3) is 5.91 Å². The van der Waals surface area contributed by atoms with Crippen LogP contribution in [0.1, 0.15) is 33.2 Å². The molecule has 0 fully saturated rings. The first-order chi connectivity index (χ1) is 19.5. The fourth-order valence-corrected chi connectivity index (χ4v) is 4.23. The van der Waals surface area contributed by atoms with Gasteiger partial charge in [0.05, 0.1) is 31.4 Å². The highest BCUT2D eigenvalue weighted by Crippen LogP contribution is 2.25. The van der Waals surface area contributed by atoms with Crippen molar-refractivity contribution < 1.29 is 36.3 Å². The maximum absolute atomic E-state index is 14.6. The number of ether oxygens (including phenoxy) is 1. The lowest BCUT2D eigenvalue weighted by molar-refractivity contribution is -0.274. The zero-order valence-corrected chi connectivity index (χ0v) is 21.8. The van der Waals surface area contributed by atoms with Crippen LogP contribution in [0.2, 0.25) is 0 Å². The first kappa shape index (κ1) is 29.4. The summed E-state index contributed by atoms with van der Waals surface area (Å²) in [5, 5.41) is 20.7. The van der Waals surface area contributed by atoms with Crippen LogP contribution in [0.25, 0.3) is 0 Å². The van der Waals surface area contributed by atoms with E-state index in [1.54, 1.807) is 24.4 Å². The number of alkyl halides is 4. The molecule has 0 saturated carbocycles. The molecule has 0 radical (unpaired) electrons. The van der Waals surface area contributed by atoms with E-state index in [-0.39, 0.29) is 42.3 Å². The van der Waals surface area contributed by atoms with Crippen molar-refractivity contribution in [1.29, 1.82) is 0 Å². The number of hydrogen-bond donors (Lipinski definition) is 2. The molecule has 0 bridgehead atoms. The lowest BCUT2D eigenvalue weighted by atomic mass is 10.1. The Morgan fingerprint density at radius 1 is 1.12 bits per heavy atom. The van der Waals surface area contributed by atoms with Gasteiger partial charge >= 0.3 is 6.36 Å². The summed E-state index contributed by atoms with van der Waals surface area (Å²) in [7, 11) is 0. The second kappa shape index (κ2) is 13.2. The number of halogens is 5. The lowest BCUT2D eigenvalue weighted by Gasteiger charge is -2.10. The molecule has 4 aromatic rings. The number of rotatable bonds is 12. The van der Waals surface area contributed by atoms with Crippen molar-refractivity contribution in [3.05, 3.63) is 76.6 Å². The van der Waals surface area contributed by atoms with Crippen LogP contribution < -0.4 is 15.4 Å². The third kappa shape index (κ3) is 9.26. The van der Waals surface area contributed by atoms with Gasteiger partial charge in [-0.25, -0.2) is 13.5 Å². The van der Waals surface area contributed by atoms with Gasteiger partial charge in [-0.3, -0.25) is 14.6 Å². The van der Waals surface area contributed by atoms with Crippen LogP contribution in [0.5, 0.6) is 5.75 Å². The molecule has 216 valence electrons. The normalized spacial score (nSPS) is 12.1. The van der Waals surface area contributed by atoms with Crippen molar-refractivity contribution in [3.63, 3.8) is 0 Å². The Hall–Kier alpha value is -4.54. The van der Waals surface area contributed by atoms with Crippen LogP contribution in [0.15, 0.2) is 48.8 Å². The van der Waals surface area contributed by atoms with Crippen molar-refractivity contribution in [2.75, 3.05) is 5.32 Å². The molecule has 11 nitrogen and oxygen atoms in total. The predicted octanol–water partition coefficient (Wildman–Crippen LogP) is 3.64. The molecule has 0 saturated heterocycles. The van der Waals surface area contributed by atoms with Crippen LogP contribution in [-0.2, 0) is 30.7 Å². The summed E-state index contributed by atoms with van der Waals surface area (Å²) >= 11 is 0.966. The number of nitrogens with one attached hydrogen (secondary N) is 2. The standard InChI is InChI=1S/C24H21F5N8O3S/c25-15(12-37-13-19(33-36-37)22(39)31-11-16-3-1-2-8-30-16)4-7-21-34-35-23(41-21)32-20(38)10-14-9-17(5-6-18(14)26)40-24(27,28)29/h1-3,5-6,8-9,13,15H,4,7,10-12H2,(H,31,39)(H,32,35,38). The smallest absolute Gasteiger partial charge is 0.406 e. The van der Waals surface area contributed by atoms with E-state index in [0.29, 0.717) is 10.7 Å². The van der Waals surface area contributed by atoms with E-state index >= 15 is 0 Å². The minimum atomic E-state index is -4.96. The van der Waals surface area contributed by atoms with E-state index in [0.717, 1.165) is 29.5 Å². The summed E-state index contributed by atoms with van der Waals surface area (Å²) < 4.78 is 70.7. The van der Waals surface area contributed by atoms with Gasteiger partial charge in [0.15, 0.2) is 5.69 Å². The SMILES string of the molecule is O=C(Cc1cc(OC(F)(F)F)ccc1F)Nc1nnc(CCC(F)Cn2cc(C(=O)NCc3ccccn3)nn2)s1. The van der Waals surface area contributed by atoms with Gasteiger partial charge in [0, 0.05) is 18.2 Å². The van der Waals surface area contributed by atoms with Gasteiger partial charge < -0.3 is 15.4 Å². The lowest BCUT2D eigenvalue weighted by Crippen LogP contribution is -2.23. The van der Waals surface area contributed by atoms with E-state index in [9.17, 15) is 31.5 Å². The van der Waals surface area contributed by atoms with Crippen molar-refractivity contribution in [1.82, 2.24) is 35.5 Å². The van der Waals surface area contributed by atoms with Crippen molar-refractivity contribution >= 4 is 28.3 Å². The van der Waals surface area contributed by atoms with E-state index in [2.05, 4.69) is 40.9 Å². The van der Waals surface area contributed by atoms with Crippen molar-refractivity contribution in [3.8, 4) is 5.75 Å². The molecule has 1 aromatic carbocycles. The summed E-state index contributed by atoms with van der Waals surface area (Å²) in [4.78, 5) is 28.6. The van der Waals surface area contributed by atoms with Crippen LogP contribution >= 0.6 is 11.3 Å². The summed E-state index contributed by atoms with van der Waals surface area (Å²) in [6.07, 6.45) is -3.78. The van der Waals surface area contributed by atoms with Gasteiger partial charge in [0.1, 0.15) is 22.7 Å². The number of amides is 2. The van der Waals surface area contributed by atoms with E-state index in [1.807, 2.05) is 0 Å². The molecular weight excluding hydrogens is 575 g/mol. The summed E-state index contributed by atoms with van der Waals surface area (Å²) in [6, 6.07) is 7.63. The topological polar surface area (TPSA) is 137 Å². The van der Waals surface area contributed by atoms with Gasteiger partial charge in [-0.2, -0.15) is 0 Å². The number of benzene rings is 1. The molecule has 1 unspecified atom stereocenters. The summed E-state index contributed by atoms with van der Waals surface area (Å²) in [6.45, 7) is 0.0369. The average Bonchev–Trinajstić information content (AvgIpc) is 3.57. The molecule has 1 atom stereocenters. The molecule has 0 aliphatic heterocycles. The van der Waals surface area contributed by atoms with Crippen LogP contribution in [-0.4, -0.2) is 54.5 Å². The average molecular weight is 597 g/mol. The number of nitrogens with zero attached hydrogens (tertiary/aromatic N) is 6. The Kier molecular flexibility index (Phi) is 9.49. The number of aryl methyl sites for hydroxylation is 1.